The molecular weight excluding hydrogens is 362 g/mol. The Kier molecular flexibility index (Phi) is 7.34. The van der Waals surface area contributed by atoms with Crippen molar-refractivity contribution in [3.8, 4) is 0 Å². The van der Waals surface area contributed by atoms with Crippen molar-refractivity contribution in [1.29, 1.82) is 0 Å². The summed E-state index contributed by atoms with van der Waals surface area (Å²) >= 11 is 6.06. The molecule has 9 heteroatoms. The molecule has 1 aliphatic rings. The number of rotatable bonds is 7. The summed E-state index contributed by atoms with van der Waals surface area (Å²) in [4.78, 5) is 6.52. The highest BCUT2D eigenvalue weighted by Crippen LogP contribution is 2.23. The Morgan fingerprint density at radius 2 is 2.20 bits per heavy atom. The maximum absolute atomic E-state index is 11.0. The molecule has 1 heterocycles. The van der Waals surface area contributed by atoms with Gasteiger partial charge in [-0.1, -0.05) is 17.7 Å². The molecule has 0 bridgehead atoms. The summed E-state index contributed by atoms with van der Waals surface area (Å²) in [6, 6.07) is 8.19. The molecule has 1 saturated heterocycles. The Morgan fingerprint density at radius 1 is 1.40 bits per heavy atom. The van der Waals surface area contributed by atoms with E-state index < -0.39 is 10.0 Å². The third kappa shape index (κ3) is 7.09. The van der Waals surface area contributed by atoms with Gasteiger partial charge < -0.3 is 15.5 Å². The maximum Gasteiger partial charge on any atom is 0.208 e. The Morgan fingerprint density at radius 3 is 2.88 bits per heavy atom. The van der Waals surface area contributed by atoms with Crippen LogP contribution in [-0.4, -0.2) is 59.9 Å². The van der Waals surface area contributed by atoms with Crippen LogP contribution in [0.25, 0.3) is 0 Å². The first kappa shape index (κ1) is 19.8. The number of nitrogens with zero attached hydrogens (tertiary/aromatic N) is 2. The third-order valence-corrected chi connectivity index (χ3v) is 4.90. The minimum Gasteiger partial charge on any atom is -0.369 e. The van der Waals surface area contributed by atoms with Crippen molar-refractivity contribution >= 4 is 33.3 Å². The van der Waals surface area contributed by atoms with Crippen molar-refractivity contribution in [2.45, 2.75) is 18.9 Å². The minimum absolute atomic E-state index is 0.305. The van der Waals surface area contributed by atoms with E-state index in [0.717, 1.165) is 42.4 Å². The molecule has 1 aromatic rings. The van der Waals surface area contributed by atoms with Gasteiger partial charge >= 0.3 is 0 Å². The smallest absolute Gasteiger partial charge is 0.208 e. The maximum atomic E-state index is 11.0. The van der Waals surface area contributed by atoms with E-state index in [1.54, 1.807) is 7.05 Å². The van der Waals surface area contributed by atoms with Crippen molar-refractivity contribution < 1.29 is 8.42 Å². The minimum atomic E-state index is -3.12. The number of hydrogen-bond acceptors (Lipinski definition) is 4. The molecule has 3 N–H and O–H groups in total. The Bertz CT molecular complexity index is 696. The topological polar surface area (TPSA) is 85.8 Å². The molecule has 0 saturated carbocycles. The van der Waals surface area contributed by atoms with Crippen LogP contribution in [-0.2, 0) is 10.0 Å². The van der Waals surface area contributed by atoms with Crippen LogP contribution in [0.3, 0.4) is 0 Å². The molecule has 0 spiro atoms. The molecule has 0 aliphatic carbocycles. The summed E-state index contributed by atoms with van der Waals surface area (Å²) in [5.41, 5.74) is 1.13. The number of aliphatic imine (C=N–C) groups is 1. The highest BCUT2D eigenvalue weighted by Gasteiger charge is 2.23. The van der Waals surface area contributed by atoms with Crippen molar-refractivity contribution in [1.82, 2.24) is 15.4 Å². The molecule has 1 aromatic carbocycles. The first-order valence-corrected chi connectivity index (χ1v) is 10.6. The first-order chi connectivity index (χ1) is 11.9. The molecule has 1 aliphatic heterocycles. The molecule has 0 amide bonds. The average molecular weight is 388 g/mol. The zero-order valence-corrected chi connectivity index (χ0v) is 16.2. The molecule has 2 rings (SSSR count). The van der Waals surface area contributed by atoms with Crippen LogP contribution in [0, 0.1) is 0 Å². The molecule has 140 valence electrons. The number of guanidine groups is 1. The van der Waals surface area contributed by atoms with Crippen LogP contribution in [0.2, 0.25) is 5.02 Å². The molecule has 1 atom stereocenters. The number of anilines is 1. The van der Waals surface area contributed by atoms with Gasteiger partial charge in [-0.25, -0.2) is 13.1 Å². The van der Waals surface area contributed by atoms with Crippen LogP contribution >= 0.6 is 11.6 Å². The van der Waals surface area contributed by atoms with Gasteiger partial charge in [0.1, 0.15) is 0 Å². The number of benzene rings is 1. The molecule has 7 nitrogen and oxygen atoms in total. The molecular formula is C16H26ClN5O2S. The summed E-state index contributed by atoms with van der Waals surface area (Å²) in [7, 11) is -1.39. The number of hydrogen-bond donors (Lipinski definition) is 3. The molecule has 1 unspecified atom stereocenters. The lowest BCUT2D eigenvalue weighted by atomic mass is 10.2. The van der Waals surface area contributed by atoms with Crippen molar-refractivity contribution in [3.05, 3.63) is 29.3 Å². The standard InChI is InChI=1S/C16H26ClN5O2S/c1-18-16(19-8-4-9-20-25(2,23)24)21-14-7-10-22(12-14)15-6-3-5-13(17)11-15/h3,5-6,11,14,20H,4,7-10,12H2,1-2H3,(H2,18,19,21). The monoisotopic (exact) mass is 387 g/mol. The van der Waals surface area contributed by atoms with E-state index in [2.05, 4.69) is 31.3 Å². The van der Waals surface area contributed by atoms with E-state index in [9.17, 15) is 8.42 Å². The number of halogens is 1. The lowest BCUT2D eigenvalue weighted by molar-refractivity contribution is 0.583. The van der Waals surface area contributed by atoms with Crippen LogP contribution in [0.4, 0.5) is 5.69 Å². The van der Waals surface area contributed by atoms with Crippen molar-refractivity contribution in [3.63, 3.8) is 0 Å². The average Bonchev–Trinajstić information content (AvgIpc) is 3.01. The van der Waals surface area contributed by atoms with Gasteiger partial charge in [0.15, 0.2) is 5.96 Å². The van der Waals surface area contributed by atoms with Crippen LogP contribution in [0.5, 0.6) is 0 Å². The Balaban J connectivity index is 1.73. The first-order valence-electron chi connectivity index (χ1n) is 8.30. The van der Waals surface area contributed by atoms with E-state index in [4.69, 9.17) is 11.6 Å². The molecule has 1 fully saturated rings. The SMILES string of the molecule is CN=C(NCCCNS(C)(=O)=O)NC1CCN(c2cccc(Cl)c2)C1. The summed E-state index contributed by atoms with van der Waals surface area (Å²) in [5, 5.41) is 7.37. The highest BCUT2D eigenvalue weighted by atomic mass is 35.5. The number of sulfonamides is 1. The van der Waals surface area contributed by atoms with Crippen LogP contribution in [0.15, 0.2) is 29.3 Å². The second-order valence-electron chi connectivity index (χ2n) is 6.07. The summed E-state index contributed by atoms with van der Waals surface area (Å²) < 4.78 is 24.5. The third-order valence-electron chi connectivity index (χ3n) is 3.94. The van der Waals surface area contributed by atoms with E-state index in [0.29, 0.717) is 25.6 Å². The fourth-order valence-electron chi connectivity index (χ4n) is 2.73. The highest BCUT2D eigenvalue weighted by molar-refractivity contribution is 7.88. The van der Waals surface area contributed by atoms with Crippen LogP contribution < -0.4 is 20.3 Å². The van der Waals surface area contributed by atoms with Gasteiger partial charge in [0.2, 0.25) is 10.0 Å². The largest absolute Gasteiger partial charge is 0.369 e. The quantitative estimate of drug-likeness (QED) is 0.369. The van der Waals surface area contributed by atoms with Crippen molar-refractivity contribution in [2.75, 3.05) is 44.4 Å². The Labute approximate surface area is 154 Å². The predicted octanol–water partition coefficient (Wildman–Crippen LogP) is 1.02. The van der Waals surface area contributed by atoms with Gasteiger partial charge in [0.05, 0.1) is 6.26 Å². The summed E-state index contributed by atoms with van der Waals surface area (Å²) in [6.45, 7) is 2.91. The van der Waals surface area contributed by atoms with Gasteiger partial charge in [-0.2, -0.15) is 0 Å². The summed E-state index contributed by atoms with van der Waals surface area (Å²) in [6.07, 6.45) is 2.86. The predicted molar refractivity (Wildman–Crippen MR) is 104 cm³/mol. The zero-order valence-electron chi connectivity index (χ0n) is 14.6. The number of nitrogens with one attached hydrogen (secondary N) is 3. The van der Waals surface area contributed by atoms with E-state index >= 15 is 0 Å². The van der Waals surface area contributed by atoms with E-state index in [1.165, 1.54) is 0 Å². The normalized spacial score (nSPS) is 18.4. The van der Waals surface area contributed by atoms with E-state index in [-0.39, 0.29) is 0 Å². The van der Waals surface area contributed by atoms with Gasteiger partial charge in [-0.05, 0) is 31.0 Å². The van der Waals surface area contributed by atoms with Gasteiger partial charge in [0, 0.05) is 50.0 Å². The van der Waals surface area contributed by atoms with Gasteiger partial charge in [-0.15, -0.1) is 0 Å². The summed E-state index contributed by atoms with van der Waals surface area (Å²) in [5.74, 6) is 0.734. The van der Waals surface area contributed by atoms with Gasteiger partial charge in [0.25, 0.3) is 0 Å². The second kappa shape index (κ2) is 9.26. The lowest BCUT2D eigenvalue weighted by Crippen LogP contribution is -2.45. The second-order valence-corrected chi connectivity index (χ2v) is 8.34. The molecule has 0 aromatic heterocycles. The lowest BCUT2D eigenvalue weighted by Gasteiger charge is -2.20. The fourth-order valence-corrected chi connectivity index (χ4v) is 3.43. The van der Waals surface area contributed by atoms with Crippen LogP contribution in [0.1, 0.15) is 12.8 Å². The fraction of sp³-hybridized carbons (Fsp3) is 0.562. The Hall–Kier alpha value is -1.51. The molecule has 25 heavy (non-hydrogen) atoms. The van der Waals surface area contributed by atoms with E-state index in [1.807, 2.05) is 18.2 Å². The van der Waals surface area contributed by atoms with Gasteiger partial charge in [-0.3, -0.25) is 4.99 Å². The molecule has 0 radical (unpaired) electrons. The zero-order chi connectivity index (χ0) is 18.3. The van der Waals surface area contributed by atoms with Crippen molar-refractivity contribution in [2.24, 2.45) is 4.99 Å².